The highest BCUT2D eigenvalue weighted by Gasteiger charge is 2.43. The van der Waals surface area contributed by atoms with E-state index in [1.165, 1.54) is 18.2 Å². The first-order valence-corrected chi connectivity index (χ1v) is 12.6. The van der Waals surface area contributed by atoms with Gasteiger partial charge in [0.2, 0.25) is 0 Å². The minimum atomic E-state index is -0.620. The number of piperidine rings is 1. The Labute approximate surface area is 207 Å². The molecule has 33 heavy (non-hydrogen) atoms. The summed E-state index contributed by atoms with van der Waals surface area (Å²) in [7, 11) is 3.19. The molecule has 0 saturated carbocycles. The first-order valence-electron chi connectivity index (χ1n) is 11.8. The zero-order valence-corrected chi connectivity index (χ0v) is 21.9. The van der Waals surface area contributed by atoms with Gasteiger partial charge in [0, 0.05) is 17.6 Å². The molecule has 1 heterocycles. The number of hydrogen-bond donors (Lipinski definition) is 0. The number of halogens is 1. The van der Waals surface area contributed by atoms with Crippen LogP contribution < -0.4 is 4.74 Å². The molecule has 1 fully saturated rings. The summed E-state index contributed by atoms with van der Waals surface area (Å²) in [5.41, 5.74) is 3.15. The van der Waals surface area contributed by atoms with Crippen LogP contribution in [0.4, 0.5) is 0 Å². The molecule has 1 aliphatic heterocycles. The van der Waals surface area contributed by atoms with Crippen LogP contribution in [0.1, 0.15) is 50.7 Å². The van der Waals surface area contributed by atoms with E-state index in [1.54, 1.807) is 7.11 Å². The summed E-state index contributed by atoms with van der Waals surface area (Å²) in [6.45, 7) is 7.37. The van der Waals surface area contributed by atoms with Crippen molar-refractivity contribution >= 4 is 28.0 Å². The third-order valence-electron chi connectivity index (χ3n) is 6.92. The molecule has 5 heteroatoms. The third-order valence-corrected chi connectivity index (χ3v) is 7.45. The van der Waals surface area contributed by atoms with Crippen LogP contribution in [0.2, 0.25) is 0 Å². The fourth-order valence-corrected chi connectivity index (χ4v) is 5.14. The quantitative estimate of drug-likeness (QED) is 0.359. The molecule has 1 saturated heterocycles. The molecule has 4 nitrogen and oxygen atoms in total. The topological polar surface area (TPSA) is 38.8 Å². The summed E-state index contributed by atoms with van der Waals surface area (Å²) in [6.07, 6.45) is 6.23. The molecular weight excluding hydrogens is 478 g/mol. The van der Waals surface area contributed by atoms with E-state index in [9.17, 15) is 4.79 Å². The van der Waals surface area contributed by atoms with Crippen LogP contribution in [-0.2, 0) is 14.9 Å². The van der Waals surface area contributed by atoms with Crippen molar-refractivity contribution in [2.24, 2.45) is 5.92 Å². The van der Waals surface area contributed by atoms with Crippen molar-refractivity contribution in [3.05, 3.63) is 69.7 Å². The van der Waals surface area contributed by atoms with Crippen molar-refractivity contribution in [2.45, 2.75) is 44.9 Å². The Balaban J connectivity index is 1.60. The first kappa shape index (κ1) is 25.5. The van der Waals surface area contributed by atoms with Crippen LogP contribution in [0.25, 0.3) is 6.08 Å². The van der Waals surface area contributed by atoms with Gasteiger partial charge in [0.25, 0.3) is 0 Å². The number of carbonyl (C=O) groups excluding carboxylic acids is 1. The summed E-state index contributed by atoms with van der Waals surface area (Å²) in [5.74, 6) is 0.897. The standard InChI is InChI=1S/C28H36BrNO3/c1-21(2)28(27(31)33-4,24-8-10-25(29)11-9-24)16-5-17-30-18-14-23(15-19-30)20-22-6-12-26(32-3)13-7-22/h6-13,20-21H,5,14-19H2,1-4H3. The lowest BCUT2D eigenvalue weighted by atomic mass is 9.68. The van der Waals surface area contributed by atoms with E-state index in [2.05, 4.69) is 65.0 Å². The number of carbonyl (C=O) groups is 1. The molecule has 2 aromatic rings. The number of hydrogen-bond acceptors (Lipinski definition) is 4. The first-order chi connectivity index (χ1) is 15.9. The van der Waals surface area contributed by atoms with Gasteiger partial charge in [-0.15, -0.1) is 0 Å². The Bertz CT molecular complexity index is 927. The monoisotopic (exact) mass is 513 g/mol. The second kappa shape index (κ2) is 11.8. The van der Waals surface area contributed by atoms with Gasteiger partial charge in [-0.1, -0.05) is 65.7 Å². The lowest BCUT2D eigenvalue weighted by Crippen LogP contribution is -2.43. The third kappa shape index (κ3) is 6.27. The van der Waals surface area contributed by atoms with Gasteiger partial charge in [0.05, 0.1) is 19.6 Å². The number of ether oxygens (including phenoxy) is 2. The Morgan fingerprint density at radius 1 is 1.06 bits per heavy atom. The predicted octanol–water partition coefficient (Wildman–Crippen LogP) is 6.48. The Kier molecular flexibility index (Phi) is 9.16. The zero-order valence-electron chi connectivity index (χ0n) is 20.3. The van der Waals surface area contributed by atoms with Crippen molar-refractivity contribution < 1.29 is 14.3 Å². The average molecular weight is 515 g/mol. The molecular formula is C28H36BrNO3. The van der Waals surface area contributed by atoms with Crippen molar-refractivity contribution in [2.75, 3.05) is 33.9 Å². The second-order valence-electron chi connectivity index (χ2n) is 9.15. The maximum Gasteiger partial charge on any atom is 0.316 e. The minimum absolute atomic E-state index is 0.136. The maximum absolute atomic E-state index is 13.0. The average Bonchev–Trinajstić information content (AvgIpc) is 2.83. The number of likely N-dealkylation sites (tertiary alicyclic amines) is 1. The van der Waals surface area contributed by atoms with Crippen LogP contribution in [0.5, 0.6) is 5.75 Å². The maximum atomic E-state index is 13.0. The van der Waals surface area contributed by atoms with Crippen molar-refractivity contribution in [3.63, 3.8) is 0 Å². The summed E-state index contributed by atoms with van der Waals surface area (Å²) in [4.78, 5) is 15.6. The van der Waals surface area contributed by atoms with Gasteiger partial charge < -0.3 is 14.4 Å². The molecule has 0 aromatic heterocycles. The van der Waals surface area contributed by atoms with E-state index < -0.39 is 5.41 Å². The molecule has 0 bridgehead atoms. The molecule has 1 atom stereocenters. The van der Waals surface area contributed by atoms with Crippen molar-refractivity contribution in [1.82, 2.24) is 4.90 Å². The highest BCUT2D eigenvalue weighted by atomic mass is 79.9. The summed E-state index contributed by atoms with van der Waals surface area (Å²) in [5, 5.41) is 0. The lowest BCUT2D eigenvalue weighted by Gasteiger charge is -2.36. The highest BCUT2D eigenvalue weighted by molar-refractivity contribution is 9.10. The molecule has 0 aliphatic carbocycles. The van der Waals surface area contributed by atoms with Gasteiger partial charge in [-0.25, -0.2) is 0 Å². The number of esters is 1. The Morgan fingerprint density at radius 2 is 1.70 bits per heavy atom. The largest absolute Gasteiger partial charge is 0.497 e. The van der Waals surface area contributed by atoms with Crippen LogP contribution >= 0.6 is 15.9 Å². The molecule has 0 N–H and O–H groups in total. The number of benzene rings is 2. The second-order valence-corrected chi connectivity index (χ2v) is 10.1. The number of methoxy groups -OCH3 is 2. The van der Waals surface area contributed by atoms with E-state index in [4.69, 9.17) is 9.47 Å². The normalized spacial score (nSPS) is 16.4. The lowest BCUT2D eigenvalue weighted by molar-refractivity contribution is -0.150. The molecule has 1 aliphatic rings. The van der Waals surface area contributed by atoms with Gasteiger partial charge in [-0.2, -0.15) is 0 Å². The van der Waals surface area contributed by atoms with Crippen LogP contribution in [-0.4, -0.2) is 44.7 Å². The van der Waals surface area contributed by atoms with Gasteiger partial charge in [0.15, 0.2) is 0 Å². The van der Waals surface area contributed by atoms with E-state index >= 15 is 0 Å². The van der Waals surface area contributed by atoms with Gasteiger partial charge in [0.1, 0.15) is 5.75 Å². The smallest absolute Gasteiger partial charge is 0.316 e. The predicted molar refractivity (Wildman–Crippen MR) is 139 cm³/mol. The van der Waals surface area contributed by atoms with Crippen LogP contribution in [0, 0.1) is 5.92 Å². The van der Waals surface area contributed by atoms with Gasteiger partial charge in [-0.3, -0.25) is 4.79 Å². The fourth-order valence-electron chi connectivity index (χ4n) is 4.88. The van der Waals surface area contributed by atoms with Gasteiger partial charge >= 0.3 is 5.97 Å². The van der Waals surface area contributed by atoms with Crippen LogP contribution in [0.3, 0.4) is 0 Å². The van der Waals surface area contributed by atoms with Crippen LogP contribution in [0.15, 0.2) is 58.6 Å². The molecule has 0 radical (unpaired) electrons. The molecule has 1 unspecified atom stereocenters. The summed E-state index contributed by atoms with van der Waals surface area (Å²) >= 11 is 3.51. The van der Waals surface area contributed by atoms with E-state index in [0.717, 1.165) is 61.1 Å². The highest BCUT2D eigenvalue weighted by Crippen LogP contribution is 2.39. The summed E-state index contributed by atoms with van der Waals surface area (Å²) < 4.78 is 11.6. The summed E-state index contributed by atoms with van der Waals surface area (Å²) in [6, 6.07) is 16.4. The SMILES string of the molecule is COC(=O)C(CCCN1CCC(=Cc2ccc(OC)cc2)CC1)(c1ccc(Br)cc1)C(C)C. The van der Waals surface area contributed by atoms with Crippen molar-refractivity contribution in [1.29, 1.82) is 0 Å². The zero-order chi connectivity index (χ0) is 23.8. The Morgan fingerprint density at radius 3 is 2.24 bits per heavy atom. The van der Waals surface area contributed by atoms with Crippen molar-refractivity contribution in [3.8, 4) is 5.75 Å². The van der Waals surface area contributed by atoms with E-state index in [0.29, 0.717) is 0 Å². The van der Waals surface area contributed by atoms with E-state index in [1.807, 2.05) is 24.3 Å². The minimum Gasteiger partial charge on any atom is -0.497 e. The number of rotatable bonds is 9. The van der Waals surface area contributed by atoms with Gasteiger partial charge in [-0.05, 0) is 73.5 Å². The molecule has 3 rings (SSSR count). The number of nitrogens with zero attached hydrogens (tertiary/aromatic N) is 1. The molecule has 2 aromatic carbocycles. The molecule has 178 valence electrons. The fraction of sp³-hybridized carbons (Fsp3) is 0.464. The van der Waals surface area contributed by atoms with E-state index in [-0.39, 0.29) is 11.9 Å². The molecule has 0 amide bonds. The molecule has 0 spiro atoms. The Hall–Kier alpha value is -2.11.